The van der Waals surface area contributed by atoms with Gasteiger partial charge in [-0.2, -0.15) is 0 Å². The second-order valence-electron chi connectivity index (χ2n) is 7.88. The molecule has 0 spiro atoms. The van der Waals surface area contributed by atoms with Gasteiger partial charge in [-0.05, 0) is 57.1 Å². The number of thioether (sulfide) groups is 1. The molecule has 4 rings (SSSR count). The summed E-state index contributed by atoms with van der Waals surface area (Å²) in [7, 11) is 1.92. The van der Waals surface area contributed by atoms with Gasteiger partial charge in [-0.3, -0.25) is 4.79 Å². The third kappa shape index (κ3) is 4.88. The van der Waals surface area contributed by atoms with Gasteiger partial charge in [0.25, 0.3) is 0 Å². The van der Waals surface area contributed by atoms with E-state index in [4.69, 9.17) is 4.74 Å². The molecule has 3 aromatic heterocycles. The number of carbonyl (C=O) groups is 2. The largest absolute Gasteiger partial charge is 0.462 e. The fraction of sp³-hybridized carbons (Fsp3) is 0.478. The number of esters is 1. The number of nitrogens with one attached hydrogen (secondary N) is 1. The minimum atomic E-state index is -0.351. The number of amides is 1. The van der Waals surface area contributed by atoms with Crippen LogP contribution in [-0.4, -0.2) is 39.0 Å². The lowest BCUT2D eigenvalue weighted by atomic mass is 9.95. The molecule has 0 saturated carbocycles. The van der Waals surface area contributed by atoms with Gasteiger partial charge in [-0.25, -0.2) is 4.79 Å². The monoisotopic (exact) mass is 504 g/mol. The van der Waals surface area contributed by atoms with Gasteiger partial charge in [-0.15, -0.1) is 32.9 Å². The average molecular weight is 505 g/mol. The van der Waals surface area contributed by atoms with Crippen LogP contribution < -0.4 is 5.32 Å². The standard InChI is InChI=1S/C23H28N4O3S3/c1-5-14-13(3)31-11-16(14)20-25-26-23(27(20)4)32-12-18(28)24-21-19(22(29)30-6-2)15-9-7-8-10-17(15)33-21/h11H,5-10,12H2,1-4H3,(H,24,28). The van der Waals surface area contributed by atoms with Crippen LogP contribution in [0.3, 0.4) is 0 Å². The third-order valence-corrected chi connectivity index (χ3v) is 8.95. The molecular formula is C23H28N4O3S3. The summed E-state index contributed by atoms with van der Waals surface area (Å²) in [6.45, 7) is 6.37. The van der Waals surface area contributed by atoms with E-state index in [1.54, 1.807) is 18.3 Å². The lowest BCUT2D eigenvalue weighted by Crippen LogP contribution is -2.17. The molecule has 0 bridgehead atoms. The van der Waals surface area contributed by atoms with E-state index in [1.165, 1.54) is 38.4 Å². The van der Waals surface area contributed by atoms with Gasteiger partial charge in [0.1, 0.15) is 5.00 Å². The summed E-state index contributed by atoms with van der Waals surface area (Å²) < 4.78 is 7.21. The summed E-state index contributed by atoms with van der Waals surface area (Å²) in [5.41, 5.74) is 3.98. The Morgan fingerprint density at radius 2 is 2.03 bits per heavy atom. The lowest BCUT2D eigenvalue weighted by molar-refractivity contribution is -0.113. The van der Waals surface area contributed by atoms with Crippen LogP contribution in [0.2, 0.25) is 0 Å². The number of aromatic nitrogens is 3. The van der Waals surface area contributed by atoms with Gasteiger partial charge >= 0.3 is 5.97 Å². The Kier molecular flexibility index (Phi) is 7.55. The molecule has 0 aliphatic heterocycles. The highest BCUT2D eigenvalue weighted by molar-refractivity contribution is 7.99. The van der Waals surface area contributed by atoms with E-state index in [1.807, 2.05) is 11.6 Å². The third-order valence-electron chi connectivity index (χ3n) is 5.77. The summed E-state index contributed by atoms with van der Waals surface area (Å²) in [5.74, 6) is 0.472. The maximum absolute atomic E-state index is 12.8. The van der Waals surface area contributed by atoms with Gasteiger partial charge in [0.15, 0.2) is 11.0 Å². The molecule has 1 N–H and O–H groups in total. The first-order chi connectivity index (χ1) is 15.9. The number of aryl methyl sites for hydroxylation is 2. The molecule has 1 aliphatic rings. The molecule has 0 fully saturated rings. The van der Waals surface area contributed by atoms with Crippen molar-refractivity contribution in [2.75, 3.05) is 17.7 Å². The van der Waals surface area contributed by atoms with E-state index in [2.05, 4.69) is 34.7 Å². The van der Waals surface area contributed by atoms with Crippen LogP contribution >= 0.6 is 34.4 Å². The molecular weight excluding hydrogens is 476 g/mol. The van der Waals surface area contributed by atoms with Crippen LogP contribution in [0.25, 0.3) is 11.4 Å². The second-order valence-corrected chi connectivity index (χ2v) is 11.0. The van der Waals surface area contributed by atoms with Crippen molar-refractivity contribution in [2.24, 2.45) is 7.05 Å². The Hall–Kier alpha value is -2.17. The first-order valence-electron chi connectivity index (χ1n) is 11.2. The Morgan fingerprint density at radius 3 is 2.79 bits per heavy atom. The van der Waals surface area contributed by atoms with Gasteiger partial charge in [0.2, 0.25) is 5.91 Å². The Balaban J connectivity index is 1.47. The van der Waals surface area contributed by atoms with Crippen molar-refractivity contribution in [1.82, 2.24) is 14.8 Å². The number of carbonyl (C=O) groups excluding carboxylic acids is 2. The quantitative estimate of drug-likeness (QED) is 0.333. The van der Waals surface area contributed by atoms with E-state index >= 15 is 0 Å². The van der Waals surface area contributed by atoms with E-state index in [-0.39, 0.29) is 17.6 Å². The zero-order chi connectivity index (χ0) is 23.5. The van der Waals surface area contributed by atoms with Gasteiger partial charge in [-0.1, -0.05) is 18.7 Å². The van der Waals surface area contributed by atoms with Crippen LogP contribution in [0.4, 0.5) is 5.00 Å². The van der Waals surface area contributed by atoms with Crippen LogP contribution in [0, 0.1) is 6.92 Å². The number of nitrogens with zero attached hydrogens (tertiary/aromatic N) is 3. The Labute approximate surface area is 206 Å². The highest BCUT2D eigenvalue weighted by Gasteiger charge is 2.27. The van der Waals surface area contributed by atoms with E-state index in [0.717, 1.165) is 49.1 Å². The molecule has 0 unspecified atom stereocenters. The van der Waals surface area contributed by atoms with Crippen molar-refractivity contribution in [3.8, 4) is 11.4 Å². The zero-order valence-corrected chi connectivity index (χ0v) is 21.8. The SMILES string of the molecule is CCOC(=O)c1c(NC(=O)CSc2nnc(-c3csc(C)c3CC)n2C)sc2c1CCCC2. The molecule has 3 aromatic rings. The molecule has 0 saturated heterocycles. The Bertz CT molecular complexity index is 1180. The molecule has 1 amide bonds. The predicted molar refractivity (Wildman–Crippen MR) is 135 cm³/mol. The first-order valence-corrected chi connectivity index (χ1v) is 13.8. The lowest BCUT2D eigenvalue weighted by Gasteiger charge is -2.12. The van der Waals surface area contributed by atoms with Crippen molar-refractivity contribution in [2.45, 2.75) is 58.0 Å². The number of ether oxygens (including phenoxy) is 1. The highest BCUT2D eigenvalue weighted by atomic mass is 32.2. The fourth-order valence-corrected chi connectivity index (χ4v) is 7.09. The zero-order valence-electron chi connectivity index (χ0n) is 19.3. The molecule has 7 nitrogen and oxygen atoms in total. The van der Waals surface area contributed by atoms with Crippen molar-refractivity contribution in [3.05, 3.63) is 31.8 Å². The van der Waals surface area contributed by atoms with Crippen LogP contribution in [0.1, 0.15) is 57.9 Å². The van der Waals surface area contributed by atoms with Crippen LogP contribution in [0.15, 0.2) is 10.5 Å². The number of rotatable bonds is 8. The van der Waals surface area contributed by atoms with Gasteiger partial charge in [0, 0.05) is 27.7 Å². The summed E-state index contributed by atoms with van der Waals surface area (Å²) in [6.07, 6.45) is 4.90. The minimum Gasteiger partial charge on any atom is -0.462 e. The molecule has 33 heavy (non-hydrogen) atoms. The van der Waals surface area contributed by atoms with Crippen LogP contribution in [-0.2, 0) is 35.8 Å². The molecule has 1 aliphatic carbocycles. The maximum atomic E-state index is 12.8. The first kappa shape index (κ1) is 24.0. The molecule has 0 aromatic carbocycles. The molecule has 3 heterocycles. The van der Waals surface area contributed by atoms with Gasteiger partial charge < -0.3 is 14.6 Å². The fourth-order valence-electron chi connectivity index (χ4n) is 4.15. The topological polar surface area (TPSA) is 86.1 Å². The predicted octanol–water partition coefficient (Wildman–Crippen LogP) is 5.26. The van der Waals surface area contributed by atoms with Gasteiger partial charge in [0.05, 0.1) is 17.9 Å². The number of anilines is 1. The summed E-state index contributed by atoms with van der Waals surface area (Å²) in [6, 6.07) is 0. The molecule has 0 radical (unpaired) electrons. The second kappa shape index (κ2) is 10.4. The van der Waals surface area contributed by atoms with Crippen molar-refractivity contribution in [3.63, 3.8) is 0 Å². The smallest absolute Gasteiger partial charge is 0.341 e. The van der Waals surface area contributed by atoms with Crippen molar-refractivity contribution in [1.29, 1.82) is 0 Å². The van der Waals surface area contributed by atoms with E-state index in [9.17, 15) is 9.59 Å². The normalized spacial score (nSPS) is 13.1. The van der Waals surface area contributed by atoms with Crippen molar-refractivity contribution >= 4 is 51.3 Å². The summed E-state index contributed by atoms with van der Waals surface area (Å²) in [5, 5.41) is 15.1. The maximum Gasteiger partial charge on any atom is 0.341 e. The summed E-state index contributed by atoms with van der Waals surface area (Å²) in [4.78, 5) is 27.9. The number of fused-ring (bicyclic) bond motifs is 1. The summed E-state index contributed by atoms with van der Waals surface area (Å²) >= 11 is 4.56. The Morgan fingerprint density at radius 1 is 1.24 bits per heavy atom. The van der Waals surface area contributed by atoms with E-state index in [0.29, 0.717) is 22.3 Å². The minimum absolute atomic E-state index is 0.172. The average Bonchev–Trinajstić information content (AvgIpc) is 3.46. The number of thiophene rings is 2. The van der Waals surface area contributed by atoms with Crippen LogP contribution in [0.5, 0.6) is 0 Å². The number of hydrogen-bond donors (Lipinski definition) is 1. The number of hydrogen-bond acceptors (Lipinski definition) is 8. The van der Waals surface area contributed by atoms with Crippen molar-refractivity contribution < 1.29 is 14.3 Å². The van der Waals surface area contributed by atoms with E-state index < -0.39 is 0 Å². The molecule has 176 valence electrons. The molecule has 0 atom stereocenters. The highest BCUT2D eigenvalue weighted by Crippen LogP contribution is 2.39. The molecule has 10 heteroatoms.